The van der Waals surface area contributed by atoms with Gasteiger partial charge in [-0.25, -0.2) is 0 Å². The van der Waals surface area contributed by atoms with Gasteiger partial charge in [0.2, 0.25) is 0 Å². The molecular formula is C16H21NS. The highest BCUT2D eigenvalue weighted by Crippen LogP contribution is 2.24. The van der Waals surface area contributed by atoms with Crippen molar-refractivity contribution in [3.05, 3.63) is 56.8 Å². The monoisotopic (exact) mass is 259 g/mol. The van der Waals surface area contributed by atoms with Gasteiger partial charge in [0.05, 0.1) is 0 Å². The van der Waals surface area contributed by atoms with Crippen molar-refractivity contribution in [1.82, 2.24) is 0 Å². The fourth-order valence-corrected chi connectivity index (χ4v) is 3.30. The summed E-state index contributed by atoms with van der Waals surface area (Å²) < 4.78 is 0. The Balaban J connectivity index is 2.13. The van der Waals surface area contributed by atoms with Gasteiger partial charge in [-0.1, -0.05) is 36.2 Å². The van der Waals surface area contributed by atoms with Crippen LogP contribution in [0.2, 0.25) is 0 Å². The summed E-state index contributed by atoms with van der Waals surface area (Å²) >= 11 is 1.88. The average molecular weight is 259 g/mol. The molecule has 0 aliphatic heterocycles. The first-order chi connectivity index (χ1) is 8.58. The molecule has 1 aromatic carbocycles. The third-order valence-electron chi connectivity index (χ3n) is 3.16. The summed E-state index contributed by atoms with van der Waals surface area (Å²) in [5, 5.41) is 0. The lowest BCUT2D eigenvalue weighted by molar-refractivity contribution is 0.728. The molecule has 0 spiro atoms. The van der Waals surface area contributed by atoms with Crippen LogP contribution in [-0.4, -0.2) is 0 Å². The molecule has 0 aliphatic rings. The van der Waals surface area contributed by atoms with E-state index in [0.29, 0.717) is 0 Å². The average Bonchev–Trinajstić information content (AvgIpc) is 2.75. The number of nitrogens with two attached hydrogens (primary N) is 1. The molecule has 2 heteroatoms. The molecule has 2 aromatic rings. The van der Waals surface area contributed by atoms with Gasteiger partial charge in [-0.05, 0) is 38.0 Å². The second kappa shape index (κ2) is 5.68. The van der Waals surface area contributed by atoms with Crippen LogP contribution in [0.4, 0.5) is 0 Å². The van der Waals surface area contributed by atoms with Gasteiger partial charge in [-0.3, -0.25) is 0 Å². The Hall–Kier alpha value is -1.12. The molecule has 2 N–H and O–H groups in total. The molecule has 0 saturated carbocycles. The minimum Gasteiger partial charge on any atom is -0.324 e. The number of thiophene rings is 1. The van der Waals surface area contributed by atoms with Crippen LogP contribution in [0.3, 0.4) is 0 Å². The zero-order valence-electron chi connectivity index (χ0n) is 11.4. The van der Waals surface area contributed by atoms with E-state index in [1.54, 1.807) is 0 Å². The van der Waals surface area contributed by atoms with Gasteiger partial charge in [0.25, 0.3) is 0 Å². The van der Waals surface area contributed by atoms with Crippen LogP contribution in [-0.2, 0) is 12.8 Å². The lowest BCUT2D eigenvalue weighted by Crippen LogP contribution is -2.13. The molecule has 1 nitrogen and oxygen atoms in total. The Bertz CT molecular complexity index is 507. The van der Waals surface area contributed by atoms with Crippen LogP contribution in [0, 0.1) is 13.8 Å². The lowest BCUT2D eigenvalue weighted by atomic mass is 9.99. The molecule has 0 amide bonds. The van der Waals surface area contributed by atoms with Crippen LogP contribution in [0.15, 0.2) is 30.3 Å². The SMILES string of the molecule is CCc1ccc(CC(N)c2cc(C)cc(C)c2)s1. The summed E-state index contributed by atoms with van der Waals surface area (Å²) in [5.41, 5.74) is 10.2. The van der Waals surface area contributed by atoms with E-state index in [1.807, 2.05) is 11.3 Å². The molecule has 2 rings (SSSR count). The largest absolute Gasteiger partial charge is 0.324 e. The van der Waals surface area contributed by atoms with Crippen LogP contribution in [0.5, 0.6) is 0 Å². The molecule has 0 bridgehead atoms. The summed E-state index contributed by atoms with van der Waals surface area (Å²) in [7, 11) is 0. The predicted octanol–water partition coefficient (Wildman–Crippen LogP) is 4.17. The number of benzene rings is 1. The van der Waals surface area contributed by atoms with Gasteiger partial charge in [0.1, 0.15) is 0 Å². The topological polar surface area (TPSA) is 26.0 Å². The Labute approximate surface area is 114 Å². The van der Waals surface area contributed by atoms with E-state index in [2.05, 4.69) is 51.1 Å². The molecule has 1 unspecified atom stereocenters. The van der Waals surface area contributed by atoms with Crippen LogP contribution < -0.4 is 5.73 Å². The molecule has 1 aromatic heterocycles. The van der Waals surface area contributed by atoms with Crippen molar-refractivity contribution in [2.75, 3.05) is 0 Å². The van der Waals surface area contributed by atoms with Gasteiger partial charge in [-0.15, -0.1) is 11.3 Å². The third-order valence-corrected chi connectivity index (χ3v) is 4.41. The standard InChI is InChI=1S/C16H21NS/c1-4-14-5-6-15(18-14)10-16(17)13-8-11(2)7-12(3)9-13/h5-9,16H,4,10,17H2,1-3H3. The van der Waals surface area contributed by atoms with Gasteiger partial charge in [-0.2, -0.15) is 0 Å². The Morgan fingerprint density at radius 3 is 2.22 bits per heavy atom. The van der Waals surface area contributed by atoms with E-state index in [0.717, 1.165) is 12.8 Å². The molecule has 96 valence electrons. The highest BCUT2D eigenvalue weighted by atomic mass is 32.1. The first-order valence-electron chi connectivity index (χ1n) is 6.50. The van der Waals surface area contributed by atoms with E-state index in [4.69, 9.17) is 5.73 Å². The van der Waals surface area contributed by atoms with Crippen molar-refractivity contribution in [3.8, 4) is 0 Å². The summed E-state index contributed by atoms with van der Waals surface area (Å²) in [4.78, 5) is 2.83. The normalized spacial score (nSPS) is 12.7. The van der Waals surface area contributed by atoms with Crippen molar-refractivity contribution in [1.29, 1.82) is 0 Å². The second-order valence-electron chi connectivity index (χ2n) is 4.95. The molecule has 0 aliphatic carbocycles. The highest BCUT2D eigenvalue weighted by Gasteiger charge is 2.09. The van der Waals surface area contributed by atoms with Gasteiger partial charge < -0.3 is 5.73 Å². The van der Waals surface area contributed by atoms with Crippen molar-refractivity contribution >= 4 is 11.3 Å². The van der Waals surface area contributed by atoms with Gasteiger partial charge >= 0.3 is 0 Å². The van der Waals surface area contributed by atoms with Gasteiger partial charge in [0.15, 0.2) is 0 Å². The Kier molecular flexibility index (Phi) is 4.20. The van der Waals surface area contributed by atoms with Crippen molar-refractivity contribution in [3.63, 3.8) is 0 Å². The summed E-state index contributed by atoms with van der Waals surface area (Å²) in [5.74, 6) is 0. The number of aryl methyl sites for hydroxylation is 3. The summed E-state index contributed by atoms with van der Waals surface area (Å²) in [6, 6.07) is 11.1. The molecule has 18 heavy (non-hydrogen) atoms. The number of rotatable bonds is 4. The maximum absolute atomic E-state index is 6.32. The quantitative estimate of drug-likeness (QED) is 0.876. The summed E-state index contributed by atoms with van der Waals surface area (Å²) in [6.45, 7) is 6.45. The minimum absolute atomic E-state index is 0.104. The number of hydrogen-bond acceptors (Lipinski definition) is 2. The zero-order valence-corrected chi connectivity index (χ0v) is 12.2. The van der Waals surface area contributed by atoms with Crippen molar-refractivity contribution in [2.24, 2.45) is 5.73 Å². The minimum atomic E-state index is 0.104. The lowest BCUT2D eigenvalue weighted by Gasteiger charge is -2.12. The molecular weight excluding hydrogens is 238 g/mol. The second-order valence-corrected chi connectivity index (χ2v) is 6.21. The smallest absolute Gasteiger partial charge is 0.0343 e. The maximum atomic E-state index is 6.32. The predicted molar refractivity (Wildman–Crippen MR) is 80.2 cm³/mol. The first-order valence-corrected chi connectivity index (χ1v) is 7.31. The van der Waals surface area contributed by atoms with Crippen molar-refractivity contribution in [2.45, 2.75) is 39.7 Å². The van der Waals surface area contributed by atoms with E-state index in [-0.39, 0.29) is 6.04 Å². The number of hydrogen-bond donors (Lipinski definition) is 1. The molecule has 1 atom stereocenters. The first kappa shape index (κ1) is 13.3. The maximum Gasteiger partial charge on any atom is 0.0343 e. The Morgan fingerprint density at radius 1 is 1.06 bits per heavy atom. The summed E-state index contributed by atoms with van der Waals surface area (Å²) in [6.07, 6.45) is 2.05. The molecule has 0 saturated heterocycles. The molecule has 0 fully saturated rings. The fourth-order valence-electron chi connectivity index (χ4n) is 2.28. The fraction of sp³-hybridized carbons (Fsp3) is 0.375. The van der Waals surface area contributed by atoms with E-state index in [1.165, 1.54) is 26.4 Å². The van der Waals surface area contributed by atoms with E-state index < -0.39 is 0 Å². The van der Waals surface area contributed by atoms with Crippen molar-refractivity contribution < 1.29 is 0 Å². The molecule has 1 heterocycles. The zero-order chi connectivity index (χ0) is 13.1. The van der Waals surface area contributed by atoms with Crippen LogP contribution in [0.25, 0.3) is 0 Å². The third kappa shape index (κ3) is 3.21. The van der Waals surface area contributed by atoms with Gasteiger partial charge in [0, 0.05) is 22.2 Å². The Morgan fingerprint density at radius 2 is 1.67 bits per heavy atom. The molecule has 0 radical (unpaired) electrons. The van der Waals surface area contributed by atoms with E-state index in [9.17, 15) is 0 Å². The van der Waals surface area contributed by atoms with Crippen LogP contribution in [0.1, 0.15) is 39.4 Å². The highest BCUT2D eigenvalue weighted by molar-refractivity contribution is 7.11. The van der Waals surface area contributed by atoms with E-state index >= 15 is 0 Å². The van der Waals surface area contributed by atoms with Crippen LogP contribution >= 0.6 is 11.3 Å².